The summed E-state index contributed by atoms with van der Waals surface area (Å²) in [5, 5.41) is 0.616. The molecule has 0 N–H and O–H groups in total. The summed E-state index contributed by atoms with van der Waals surface area (Å²) >= 11 is 6.44. The number of fused-ring (bicyclic) bond motifs is 3. The quantitative estimate of drug-likeness (QED) is 0.423. The van der Waals surface area contributed by atoms with Crippen molar-refractivity contribution in [2.75, 3.05) is 7.11 Å². The van der Waals surface area contributed by atoms with Gasteiger partial charge in [0.2, 0.25) is 5.78 Å². The molecule has 162 valence electrons. The lowest BCUT2D eigenvalue weighted by molar-refractivity contribution is 0.415. The average molecular weight is 450 g/mol. The fraction of sp³-hybridized carbons (Fsp3) is 0.174. The highest BCUT2D eigenvalue weighted by Gasteiger charge is 2.22. The first kappa shape index (κ1) is 20.1. The molecule has 2 aromatic carbocycles. The fourth-order valence-electron chi connectivity index (χ4n) is 4.03. The summed E-state index contributed by atoms with van der Waals surface area (Å²) in [5.74, 6) is 1.21. The van der Waals surface area contributed by atoms with Crippen LogP contribution in [-0.2, 0) is 14.1 Å². The molecular formula is C23H20ClN5O3. The average Bonchev–Trinajstić information content (AvgIpc) is 3.34. The van der Waals surface area contributed by atoms with E-state index in [4.69, 9.17) is 21.3 Å². The van der Waals surface area contributed by atoms with E-state index in [1.165, 1.54) is 11.6 Å². The van der Waals surface area contributed by atoms with E-state index in [0.717, 1.165) is 27.1 Å². The third-order valence-electron chi connectivity index (χ3n) is 5.81. The van der Waals surface area contributed by atoms with Crippen LogP contribution in [0.5, 0.6) is 5.75 Å². The monoisotopic (exact) mass is 449 g/mol. The summed E-state index contributed by atoms with van der Waals surface area (Å²) in [6.07, 6.45) is 1.85. The Hall–Kier alpha value is -3.78. The highest BCUT2D eigenvalue weighted by atomic mass is 35.5. The number of ether oxygens (including phenoxy) is 1. The molecule has 0 saturated carbocycles. The normalized spacial score (nSPS) is 11.5. The minimum absolute atomic E-state index is 0.318. The Kier molecular flexibility index (Phi) is 4.49. The maximum absolute atomic E-state index is 13.0. The number of hydrogen-bond acceptors (Lipinski definition) is 4. The van der Waals surface area contributed by atoms with E-state index in [9.17, 15) is 9.59 Å². The molecule has 0 spiro atoms. The molecule has 32 heavy (non-hydrogen) atoms. The summed E-state index contributed by atoms with van der Waals surface area (Å²) in [4.78, 5) is 30.2. The topological polar surface area (TPSA) is 75.5 Å². The second-order valence-electron chi connectivity index (χ2n) is 7.63. The Morgan fingerprint density at radius 3 is 2.53 bits per heavy atom. The van der Waals surface area contributed by atoms with Crippen molar-refractivity contribution in [3.8, 4) is 22.7 Å². The number of imidazole rings is 2. The number of aryl methyl sites for hydroxylation is 1. The molecule has 0 aliphatic carbocycles. The van der Waals surface area contributed by atoms with Crippen LogP contribution in [0.2, 0.25) is 5.02 Å². The maximum Gasteiger partial charge on any atom is 0.332 e. The minimum atomic E-state index is -0.429. The SMILES string of the molecule is COc1cccc(-c2cn3c4c(=O)n(C)c(=O)n(C)c4nc3n2-c2cccc(Cl)c2C)c1. The van der Waals surface area contributed by atoms with Gasteiger partial charge in [-0.3, -0.25) is 22.9 Å². The van der Waals surface area contributed by atoms with Gasteiger partial charge in [0.1, 0.15) is 5.75 Å². The number of hydrogen-bond donors (Lipinski definition) is 0. The zero-order valence-corrected chi connectivity index (χ0v) is 18.7. The summed E-state index contributed by atoms with van der Waals surface area (Å²) in [6.45, 7) is 1.93. The van der Waals surface area contributed by atoms with Gasteiger partial charge in [-0.25, -0.2) is 4.79 Å². The molecule has 8 nitrogen and oxygen atoms in total. The fourth-order valence-corrected chi connectivity index (χ4v) is 4.20. The molecule has 3 heterocycles. The second-order valence-corrected chi connectivity index (χ2v) is 8.03. The standard InChI is InChI=1S/C23H20ClN5O3/c1-13-16(24)9-6-10-17(13)29-18(14-7-5-8-15(11-14)32-4)12-28-19-20(25-22(28)29)26(2)23(31)27(3)21(19)30/h5-12H,1-4H3. The number of benzene rings is 2. The van der Waals surface area contributed by atoms with Gasteiger partial charge in [0, 0.05) is 30.9 Å². The predicted molar refractivity (Wildman–Crippen MR) is 124 cm³/mol. The Morgan fingerprint density at radius 1 is 1.03 bits per heavy atom. The van der Waals surface area contributed by atoms with Gasteiger partial charge in [-0.1, -0.05) is 29.8 Å². The molecule has 9 heteroatoms. The Morgan fingerprint density at radius 2 is 1.78 bits per heavy atom. The largest absolute Gasteiger partial charge is 0.497 e. The molecule has 3 aromatic heterocycles. The molecule has 0 atom stereocenters. The van der Waals surface area contributed by atoms with Gasteiger partial charge in [-0.2, -0.15) is 4.98 Å². The highest BCUT2D eigenvalue weighted by molar-refractivity contribution is 6.31. The first-order valence-corrected chi connectivity index (χ1v) is 10.3. The van der Waals surface area contributed by atoms with Crippen LogP contribution in [0.3, 0.4) is 0 Å². The predicted octanol–water partition coefficient (Wildman–Crippen LogP) is 3.31. The number of nitrogens with zero attached hydrogens (tertiary/aromatic N) is 5. The lowest BCUT2D eigenvalue weighted by atomic mass is 10.1. The van der Waals surface area contributed by atoms with Crippen LogP contribution >= 0.6 is 11.6 Å². The van der Waals surface area contributed by atoms with Gasteiger partial charge in [0.05, 0.1) is 18.5 Å². The molecule has 0 aliphatic rings. The van der Waals surface area contributed by atoms with Gasteiger partial charge in [-0.05, 0) is 36.8 Å². The Bertz CT molecular complexity index is 1650. The van der Waals surface area contributed by atoms with Crippen molar-refractivity contribution >= 4 is 28.5 Å². The van der Waals surface area contributed by atoms with Crippen LogP contribution in [0.4, 0.5) is 0 Å². The Labute approximate surface area is 187 Å². The summed E-state index contributed by atoms with van der Waals surface area (Å²) in [7, 11) is 4.68. The van der Waals surface area contributed by atoms with Crippen LogP contribution in [0.15, 0.2) is 58.3 Å². The van der Waals surface area contributed by atoms with Gasteiger partial charge in [-0.15, -0.1) is 0 Å². The molecule has 0 amide bonds. The van der Waals surface area contributed by atoms with Gasteiger partial charge < -0.3 is 4.74 Å². The lowest BCUT2D eigenvalue weighted by Crippen LogP contribution is -2.37. The van der Waals surface area contributed by atoms with Gasteiger partial charge in [0.25, 0.3) is 5.56 Å². The zero-order valence-electron chi connectivity index (χ0n) is 18.0. The van der Waals surface area contributed by atoms with Crippen LogP contribution in [0.1, 0.15) is 5.56 Å². The van der Waals surface area contributed by atoms with E-state index in [-0.39, 0.29) is 0 Å². The van der Waals surface area contributed by atoms with E-state index < -0.39 is 11.2 Å². The smallest absolute Gasteiger partial charge is 0.332 e. The molecule has 0 saturated heterocycles. The third kappa shape index (κ3) is 2.73. The number of methoxy groups -OCH3 is 1. The molecule has 0 aliphatic heterocycles. The van der Waals surface area contributed by atoms with Crippen molar-refractivity contribution in [2.45, 2.75) is 6.92 Å². The molecular weight excluding hydrogens is 430 g/mol. The first-order chi connectivity index (χ1) is 15.3. The summed E-state index contributed by atoms with van der Waals surface area (Å²) in [5.41, 5.74) is 3.17. The molecule has 5 aromatic rings. The zero-order chi connectivity index (χ0) is 22.7. The van der Waals surface area contributed by atoms with E-state index in [1.807, 2.05) is 60.2 Å². The molecule has 0 unspecified atom stereocenters. The summed E-state index contributed by atoms with van der Waals surface area (Å²) in [6, 6.07) is 13.3. The molecule has 0 fully saturated rings. The van der Waals surface area contributed by atoms with Crippen molar-refractivity contribution in [3.63, 3.8) is 0 Å². The Balaban J connectivity index is 1.99. The van der Waals surface area contributed by atoms with Crippen LogP contribution in [0.25, 0.3) is 33.9 Å². The van der Waals surface area contributed by atoms with E-state index in [1.54, 1.807) is 18.6 Å². The number of halogens is 1. The number of rotatable bonds is 3. The molecule has 0 bridgehead atoms. The maximum atomic E-state index is 13.0. The van der Waals surface area contributed by atoms with Gasteiger partial charge >= 0.3 is 5.69 Å². The minimum Gasteiger partial charge on any atom is -0.497 e. The third-order valence-corrected chi connectivity index (χ3v) is 6.22. The van der Waals surface area contributed by atoms with Gasteiger partial charge in [0.15, 0.2) is 11.2 Å². The lowest BCUT2D eigenvalue weighted by Gasteiger charge is -2.13. The van der Waals surface area contributed by atoms with Crippen molar-refractivity contribution in [2.24, 2.45) is 14.1 Å². The first-order valence-electron chi connectivity index (χ1n) is 9.93. The van der Waals surface area contributed by atoms with Crippen LogP contribution in [-0.4, -0.2) is 30.2 Å². The van der Waals surface area contributed by atoms with E-state index in [2.05, 4.69) is 0 Å². The van der Waals surface area contributed by atoms with Crippen molar-refractivity contribution in [3.05, 3.63) is 80.1 Å². The highest BCUT2D eigenvalue weighted by Crippen LogP contribution is 2.33. The van der Waals surface area contributed by atoms with Crippen LogP contribution < -0.4 is 16.0 Å². The van der Waals surface area contributed by atoms with E-state index >= 15 is 0 Å². The second kappa shape index (κ2) is 7.13. The van der Waals surface area contributed by atoms with Crippen molar-refractivity contribution in [1.82, 2.24) is 23.1 Å². The van der Waals surface area contributed by atoms with Crippen molar-refractivity contribution in [1.29, 1.82) is 0 Å². The summed E-state index contributed by atoms with van der Waals surface area (Å²) < 4.78 is 11.5. The van der Waals surface area contributed by atoms with Crippen LogP contribution in [0, 0.1) is 6.92 Å². The molecule has 0 radical (unpaired) electrons. The molecule has 5 rings (SSSR count). The van der Waals surface area contributed by atoms with E-state index in [0.29, 0.717) is 27.7 Å². The van der Waals surface area contributed by atoms with Crippen molar-refractivity contribution < 1.29 is 4.74 Å². The number of aromatic nitrogens is 5.